The highest BCUT2D eigenvalue weighted by Crippen LogP contribution is 2.22. The van der Waals surface area contributed by atoms with Crippen molar-refractivity contribution in [3.8, 4) is 11.8 Å². The predicted octanol–water partition coefficient (Wildman–Crippen LogP) is 0.433. The molecule has 0 aliphatic rings. The van der Waals surface area contributed by atoms with E-state index in [1.807, 2.05) is 0 Å². The fraction of sp³-hybridized carbons (Fsp3) is 0.357. The van der Waals surface area contributed by atoms with Crippen LogP contribution in [-0.4, -0.2) is 51.7 Å². The summed E-state index contributed by atoms with van der Waals surface area (Å²) in [6.07, 6.45) is 0. The third kappa shape index (κ3) is 4.09. The third-order valence-corrected chi connectivity index (χ3v) is 4.45. The van der Waals surface area contributed by atoms with Gasteiger partial charge in [-0.25, -0.2) is 13.1 Å². The van der Waals surface area contributed by atoms with Gasteiger partial charge in [-0.1, -0.05) is 12.1 Å². The van der Waals surface area contributed by atoms with Crippen molar-refractivity contribution in [2.24, 2.45) is 0 Å². The number of rotatable bonds is 7. The molecule has 1 aromatic heterocycles. The number of anilines is 1. The highest BCUT2D eigenvalue weighted by molar-refractivity contribution is 7.89. The molecule has 0 atom stereocenters. The minimum absolute atomic E-state index is 0.0429. The molecule has 24 heavy (non-hydrogen) atoms. The van der Waals surface area contributed by atoms with E-state index < -0.39 is 10.0 Å². The smallest absolute Gasteiger partial charge is 0.321 e. The van der Waals surface area contributed by atoms with Crippen LogP contribution in [0.3, 0.4) is 0 Å². The van der Waals surface area contributed by atoms with Gasteiger partial charge in [0.2, 0.25) is 16.0 Å². The highest BCUT2D eigenvalue weighted by atomic mass is 32.2. The van der Waals surface area contributed by atoms with Crippen LogP contribution in [-0.2, 0) is 16.6 Å². The van der Waals surface area contributed by atoms with E-state index in [-0.39, 0.29) is 29.0 Å². The lowest BCUT2D eigenvalue weighted by atomic mass is 10.3. The van der Waals surface area contributed by atoms with Gasteiger partial charge in [0.1, 0.15) is 10.6 Å². The second-order valence-corrected chi connectivity index (χ2v) is 6.64. The summed E-state index contributed by atoms with van der Waals surface area (Å²) in [7, 11) is 2.58. The van der Waals surface area contributed by atoms with Crippen LogP contribution in [0.4, 0.5) is 5.95 Å². The molecule has 0 saturated heterocycles. The molecular weight excluding hydrogens is 334 g/mol. The number of nitrogens with one attached hydrogen (secondary N) is 1. The van der Waals surface area contributed by atoms with E-state index in [1.54, 1.807) is 37.2 Å². The summed E-state index contributed by atoms with van der Waals surface area (Å²) in [5, 5.41) is 0. The molecule has 0 amide bonds. The lowest BCUT2D eigenvalue weighted by molar-refractivity contribution is 0.375. The summed E-state index contributed by atoms with van der Waals surface area (Å²) in [5.74, 6) is 0.865. The van der Waals surface area contributed by atoms with Gasteiger partial charge in [0.15, 0.2) is 5.82 Å². The van der Waals surface area contributed by atoms with E-state index in [9.17, 15) is 8.42 Å². The third-order valence-electron chi connectivity index (χ3n) is 3.01. The molecule has 0 aliphatic heterocycles. The van der Waals surface area contributed by atoms with Gasteiger partial charge < -0.3 is 14.4 Å². The van der Waals surface area contributed by atoms with Crippen LogP contribution in [0.15, 0.2) is 29.2 Å². The molecule has 1 heterocycles. The molecule has 0 bridgehead atoms. The molecule has 1 N–H and O–H groups in total. The molecule has 0 aliphatic carbocycles. The number of para-hydroxylation sites is 1. The van der Waals surface area contributed by atoms with E-state index in [0.29, 0.717) is 5.95 Å². The van der Waals surface area contributed by atoms with Crippen LogP contribution in [0.1, 0.15) is 5.82 Å². The Morgan fingerprint density at radius 1 is 1.08 bits per heavy atom. The van der Waals surface area contributed by atoms with Gasteiger partial charge in [-0.05, 0) is 12.1 Å². The van der Waals surface area contributed by atoms with Gasteiger partial charge in [-0.2, -0.15) is 15.0 Å². The normalized spacial score (nSPS) is 11.2. The fourth-order valence-electron chi connectivity index (χ4n) is 1.83. The fourth-order valence-corrected chi connectivity index (χ4v) is 2.98. The summed E-state index contributed by atoms with van der Waals surface area (Å²) >= 11 is 0. The van der Waals surface area contributed by atoms with E-state index >= 15 is 0 Å². The lowest BCUT2D eigenvalue weighted by Crippen LogP contribution is -2.25. The summed E-state index contributed by atoms with van der Waals surface area (Å²) in [6, 6.07) is 6.45. The van der Waals surface area contributed by atoms with Gasteiger partial charge in [0.05, 0.1) is 20.8 Å². The number of methoxy groups -OCH3 is 2. The van der Waals surface area contributed by atoms with E-state index in [1.165, 1.54) is 20.3 Å². The van der Waals surface area contributed by atoms with Crippen molar-refractivity contribution in [3.63, 3.8) is 0 Å². The Balaban J connectivity index is 2.25. The number of ether oxygens (including phenoxy) is 2. The van der Waals surface area contributed by atoms with Gasteiger partial charge in [-0.15, -0.1) is 0 Å². The minimum atomic E-state index is -3.78. The Kier molecular flexibility index (Phi) is 5.52. The summed E-state index contributed by atoms with van der Waals surface area (Å²) in [4.78, 5) is 14.0. The largest absolute Gasteiger partial charge is 0.495 e. The molecule has 0 spiro atoms. The molecule has 0 radical (unpaired) electrons. The average Bonchev–Trinajstić information content (AvgIpc) is 2.59. The zero-order chi connectivity index (χ0) is 17.7. The quantitative estimate of drug-likeness (QED) is 0.764. The number of hydrogen-bond acceptors (Lipinski definition) is 8. The first kappa shape index (κ1) is 17.9. The standard InChI is InChI=1S/C14H19N5O4S/c1-19(2)13-16-12(17-14(18-13)23-4)9-15-24(20,21)11-8-6-5-7-10(11)22-3/h5-8,15H,9H2,1-4H3. The van der Waals surface area contributed by atoms with Crippen LogP contribution in [0.2, 0.25) is 0 Å². The van der Waals surface area contributed by atoms with E-state index in [4.69, 9.17) is 9.47 Å². The van der Waals surface area contributed by atoms with Crippen molar-refractivity contribution in [2.45, 2.75) is 11.4 Å². The van der Waals surface area contributed by atoms with Crippen molar-refractivity contribution in [1.82, 2.24) is 19.7 Å². The lowest BCUT2D eigenvalue weighted by Gasteiger charge is -2.13. The van der Waals surface area contributed by atoms with Gasteiger partial charge in [0, 0.05) is 14.1 Å². The maximum atomic E-state index is 12.5. The molecular formula is C14H19N5O4S. The van der Waals surface area contributed by atoms with Gasteiger partial charge in [0.25, 0.3) is 0 Å². The molecule has 0 fully saturated rings. The van der Waals surface area contributed by atoms with Gasteiger partial charge in [-0.3, -0.25) is 0 Å². The van der Waals surface area contributed by atoms with Crippen LogP contribution in [0, 0.1) is 0 Å². The van der Waals surface area contributed by atoms with E-state index in [2.05, 4.69) is 19.7 Å². The van der Waals surface area contributed by atoms with Crippen molar-refractivity contribution in [2.75, 3.05) is 33.2 Å². The first-order chi connectivity index (χ1) is 11.4. The summed E-state index contributed by atoms with van der Waals surface area (Å²) < 4.78 is 37.5. The predicted molar refractivity (Wildman–Crippen MR) is 87.7 cm³/mol. The Bertz CT molecular complexity index is 811. The summed E-state index contributed by atoms with van der Waals surface area (Å²) in [5.41, 5.74) is 0. The number of sulfonamides is 1. The topological polar surface area (TPSA) is 107 Å². The molecule has 0 saturated carbocycles. The first-order valence-electron chi connectivity index (χ1n) is 6.96. The van der Waals surface area contributed by atoms with Crippen molar-refractivity contribution in [1.29, 1.82) is 0 Å². The molecule has 0 unspecified atom stereocenters. The zero-order valence-corrected chi connectivity index (χ0v) is 14.7. The number of benzene rings is 1. The van der Waals surface area contributed by atoms with Crippen molar-refractivity contribution < 1.29 is 17.9 Å². The van der Waals surface area contributed by atoms with Crippen LogP contribution in [0.5, 0.6) is 11.8 Å². The second kappa shape index (κ2) is 7.41. The average molecular weight is 353 g/mol. The second-order valence-electron chi connectivity index (χ2n) is 4.91. The SMILES string of the molecule is COc1nc(CNS(=O)(=O)c2ccccc2OC)nc(N(C)C)n1. The molecule has 10 heteroatoms. The summed E-state index contributed by atoms with van der Waals surface area (Å²) in [6.45, 7) is -0.111. The maximum absolute atomic E-state index is 12.5. The van der Waals surface area contributed by atoms with E-state index in [0.717, 1.165) is 0 Å². The Hall–Kier alpha value is -2.46. The van der Waals surface area contributed by atoms with Gasteiger partial charge >= 0.3 is 6.01 Å². The van der Waals surface area contributed by atoms with Crippen LogP contribution in [0.25, 0.3) is 0 Å². The van der Waals surface area contributed by atoms with Crippen molar-refractivity contribution in [3.05, 3.63) is 30.1 Å². The van der Waals surface area contributed by atoms with Crippen LogP contribution >= 0.6 is 0 Å². The Labute approximate surface area is 140 Å². The number of hydrogen-bond donors (Lipinski definition) is 1. The Morgan fingerprint density at radius 3 is 2.42 bits per heavy atom. The molecule has 2 aromatic rings. The molecule has 2 rings (SSSR count). The molecule has 130 valence electrons. The van der Waals surface area contributed by atoms with Crippen molar-refractivity contribution >= 4 is 16.0 Å². The first-order valence-corrected chi connectivity index (χ1v) is 8.44. The monoisotopic (exact) mass is 353 g/mol. The molecule has 9 nitrogen and oxygen atoms in total. The highest BCUT2D eigenvalue weighted by Gasteiger charge is 2.19. The van der Waals surface area contributed by atoms with Crippen LogP contribution < -0.4 is 19.1 Å². The maximum Gasteiger partial charge on any atom is 0.321 e. The molecule has 1 aromatic carbocycles. The number of aromatic nitrogens is 3. The minimum Gasteiger partial charge on any atom is -0.495 e. The Morgan fingerprint density at radius 2 is 1.79 bits per heavy atom. The number of nitrogens with zero attached hydrogens (tertiary/aromatic N) is 4. The zero-order valence-electron chi connectivity index (χ0n) is 13.8.